The van der Waals surface area contributed by atoms with E-state index in [4.69, 9.17) is 9.97 Å². The summed E-state index contributed by atoms with van der Waals surface area (Å²) in [5, 5.41) is 6.69. The van der Waals surface area contributed by atoms with E-state index in [1.165, 1.54) is 0 Å². The van der Waals surface area contributed by atoms with Crippen LogP contribution in [0.4, 0.5) is 0 Å². The maximum Gasteiger partial charge on any atom is 0.237 e. The molecule has 0 aliphatic heterocycles. The molecule has 0 fully saturated rings. The number of hydrogen-bond acceptors (Lipinski definition) is 4. The van der Waals surface area contributed by atoms with E-state index in [0.29, 0.717) is 12.4 Å². The molecule has 0 saturated carbocycles. The first-order valence-electron chi connectivity index (χ1n) is 12.0. The second-order valence-corrected chi connectivity index (χ2v) is 9.05. The molecular formula is C30H32N4O. The quantitative estimate of drug-likeness (QED) is 0.345. The van der Waals surface area contributed by atoms with E-state index < -0.39 is 6.04 Å². The van der Waals surface area contributed by atoms with Crippen LogP contribution >= 0.6 is 0 Å². The number of carbonyl (C=O) groups excluding carboxylic acids is 1. The molecule has 5 heteroatoms. The van der Waals surface area contributed by atoms with Gasteiger partial charge in [0.05, 0.1) is 17.8 Å². The van der Waals surface area contributed by atoms with Crippen molar-refractivity contribution in [3.63, 3.8) is 0 Å². The molecule has 5 nitrogen and oxygen atoms in total. The minimum absolute atomic E-state index is 0.0410. The van der Waals surface area contributed by atoms with Crippen molar-refractivity contribution in [3.8, 4) is 11.3 Å². The Labute approximate surface area is 207 Å². The molecule has 1 aromatic heterocycles. The van der Waals surface area contributed by atoms with Crippen LogP contribution in [0.3, 0.4) is 0 Å². The van der Waals surface area contributed by atoms with Crippen molar-refractivity contribution in [2.45, 2.75) is 39.4 Å². The van der Waals surface area contributed by atoms with Crippen molar-refractivity contribution in [1.82, 2.24) is 20.6 Å². The van der Waals surface area contributed by atoms with Crippen molar-refractivity contribution in [2.24, 2.45) is 5.92 Å². The Hall–Kier alpha value is -3.83. The highest BCUT2D eigenvalue weighted by atomic mass is 16.2. The molecule has 1 heterocycles. The molecule has 4 aromatic rings. The van der Waals surface area contributed by atoms with E-state index in [2.05, 4.69) is 10.6 Å². The van der Waals surface area contributed by atoms with Gasteiger partial charge in [0.1, 0.15) is 0 Å². The van der Waals surface area contributed by atoms with Crippen LogP contribution in [-0.2, 0) is 11.3 Å². The number of aromatic nitrogens is 2. The fraction of sp³-hybridized carbons (Fsp3) is 0.233. The van der Waals surface area contributed by atoms with Crippen molar-refractivity contribution < 1.29 is 4.79 Å². The maximum atomic E-state index is 13.3. The van der Waals surface area contributed by atoms with Crippen LogP contribution in [0, 0.1) is 12.8 Å². The Bertz CT molecular complexity index is 1230. The van der Waals surface area contributed by atoms with Crippen molar-refractivity contribution >= 4 is 5.91 Å². The third-order valence-electron chi connectivity index (χ3n) is 5.94. The smallest absolute Gasteiger partial charge is 0.237 e. The van der Waals surface area contributed by atoms with Gasteiger partial charge in [-0.2, -0.15) is 0 Å². The number of carbonyl (C=O) groups is 1. The Balaban J connectivity index is 1.65. The molecule has 0 spiro atoms. The van der Waals surface area contributed by atoms with Gasteiger partial charge in [0.2, 0.25) is 5.91 Å². The largest absolute Gasteiger partial charge is 0.351 e. The number of amides is 1. The summed E-state index contributed by atoms with van der Waals surface area (Å²) in [6.45, 7) is 6.56. The third kappa shape index (κ3) is 6.40. The summed E-state index contributed by atoms with van der Waals surface area (Å²) in [5.74, 6) is 0.674. The first-order valence-corrected chi connectivity index (χ1v) is 12.0. The summed E-state index contributed by atoms with van der Waals surface area (Å²) in [6, 6.07) is 31.3. The zero-order valence-electron chi connectivity index (χ0n) is 20.5. The van der Waals surface area contributed by atoms with Crippen LogP contribution in [0.5, 0.6) is 0 Å². The van der Waals surface area contributed by atoms with E-state index in [9.17, 15) is 4.79 Å². The molecule has 0 aliphatic carbocycles. The molecule has 35 heavy (non-hydrogen) atoms. The average Bonchev–Trinajstić information content (AvgIpc) is 2.89. The Morgan fingerprint density at radius 3 is 2.06 bits per heavy atom. The Morgan fingerprint density at radius 2 is 1.43 bits per heavy atom. The monoisotopic (exact) mass is 464 g/mol. The van der Waals surface area contributed by atoms with E-state index in [1.807, 2.05) is 118 Å². The zero-order chi connectivity index (χ0) is 24.6. The molecular weight excluding hydrogens is 432 g/mol. The summed E-state index contributed by atoms with van der Waals surface area (Å²) >= 11 is 0. The number of benzene rings is 3. The van der Waals surface area contributed by atoms with Crippen LogP contribution in [-0.4, -0.2) is 21.9 Å². The van der Waals surface area contributed by atoms with Crippen LogP contribution in [0.2, 0.25) is 0 Å². The summed E-state index contributed by atoms with van der Waals surface area (Å²) in [6.07, 6.45) is 0. The minimum atomic E-state index is -0.423. The normalized spacial score (nSPS) is 12.8. The molecule has 1 amide bonds. The topological polar surface area (TPSA) is 66.9 Å². The first kappa shape index (κ1) is 24.3. The molecule has 0 aliphatic rings. The third-order valence-corrected chi connectivity index (χ3v) is 5.94. The molecule has 0 radical (unpaired) electrons. The number of aryl methyl sites for hydroxylation is 1. The predicted octanol–water partition coefficient (Wildman–Crippen LogP) is 5.47. The van der Waals surface area contributed by atoms with E-state index in [-0.39, 0.29) is 17.9 Å². The van der Waals surface area contributed by atoms with Crippen LogP contribution < -0.4 is 10.6 Å². The van der Waals surface area contributed by atoms with Gasteiger partial charge < -0.3 is 5.32 Å². The Kier molecular flexibility index (Phi) is 8.01. The van der Waals surface area contributed by atoms with Gasteiger partial charge in [-0.25, -0.2) is 9.97 Å². The summed E-state index contributed by atoms with van der Waals surface area (Å²) < 4.78 is 0. The van der Waals surface area contributed by atoms with Gasteiger partial charge in [-0.05, 0) is 30.0 Å². The van der Waals surface area contributed by atoms with Gasteiger partial charge in [0.15, 0.2) is 5.82 Å². The maximum absolute atomic E-state index is 13.3. The summed E-state index contributed by atoms with van der Waals surface area (Å²) in [5.41, 5.74) is 4.86. The lowest BCUT2D eigenvalue weighted by atomic mass is 9.98. The SMILES string of the molecule is Cc1cc(-c2ccccc2)nc([C@@H](N[C@H](C(=O)NCc2ccccc2)C(C)C)c2ccccc2)n1. The van der Waals surface area contributed by atoms with Crippen LogP contribution in [0.1, 0.15) is 42.5 Å². The Morgan fingerprint density at radius 1 is 0.829 bits per heavy atom. The van der Waals surface area contributed by atoms with E-state index in [0.717, 1.165) is 28.1 Å². The fourth-order valence-corrected chi connectivity index (χ4v) is 4.09. The van der Waals surface area contributed by atoms with E-state index in [1.54, 1.807) is 0 Å². The zero-order valence-corrected chi connectivity index (χ0v) is 20.5. The number of hydrogen-bond donors (Lipinski definition) is 2. The van der Waals surface area contributed by atoms with Crippen molar-refractivity contribution in [2.75, 3.05) is 0 Å². The van der Waals surface area contributed by atoms with Gasteiger partial charge in [-0.15, -0.1) is 0 Å². The molecule has 0 unspecified atom stereocenters. The highest BCUT2D eigenvalue weighted by Gasteiger charge is 2.28. The lowest BCUT2D eigenvalue weighted by Gasteiger charge is -2.28. The lowest BCUT2D eigenvalue weighted by molar-refractivity contribution is -0.124. The van der Waals surface area contributed by atoms with Gasteiger partial charge >= 0.3 is 0 Å². The lowest BCUT2D eigenvalue weighted by Crippen LogP contribution is -2.49. The number of rotatable bonds is 9. The molecule has 3 aromatic carbocycles. The molecule has 2 atom stereocenters. The minimum Gasteiger partial charge on any atom is -0.351 e. The summed E-state index contributed by atoms with van der Waals surface area (Å²) in [4.78, 5) is 23.0. The predicted molar refractivity (Wildman–Crippen MR) is 141 cm³/mol. The van der Waals surface area contributed by atoms with Crippen LogP contribution in [0.25, 0.3) is 11.3 Å². The second-order valence-electron chi connectivity index (χ2n) is 9.05. The van der Waals surface area contributed by atoms with Gasteiger partial charge in [-0.3, -0.25) is 10.1 Å². The van der Waals surface area contributed by atoms with Crippen molar-refractivity contribution in [1.29, 1.82) is 0 Å². The average molecular weight is 465 g/mol. The molecule has 178 valence electrons. The van der Waals surface area contributed by atoms with E-state index >= 15 is 0 Å². The molecule has 2 N–H and O–H groups in total. The second kappa shape index (κ2) is 11.5. The standard InChI is InChI=1S/C30H32N4O/c1-21(2)27(30(35)31-20-23-13-7-4-8-14-23)34-28(25-17-11-6-12-18-25)29-32-22(3)19-26(33-29)24-15-9-5-10-16-24/h4-19,21,27-28,34H,20H2,1-3H3,(H,31,35)/t27-,28-/m0/s1. The van der Waals surface area contributed by atoms with Gasteiger partial charge in [0.25, 0.3) is 0 Å². The van der Waals surface area contributed by atoms with Crippen molar-refractivity contribution in [3.05, 3.63) is 120 Å². The van der Waals surface area contributed by atoms with Gasteiger partial charge in [0, 0.05) is 17.8 Å². The fourth-order valence-electron chi connectivity index (χ4n) is 4.09. The highest BCUT2D eigenvalue weighted by Crippen LogP contribution is 2.25. The molecule has 0 saturated heterocycles. The first-order chi connectivity index (χ1) is 17.0. The number of nitrogens with zero attached hydrogens (tertiary/aromatic N) is 2. The molecule has 4 rings (SSSR count). The molecule has 0 bridgehead atoms. The van der Waals surface area contributed by atoms with Crippen LogP contribution in [0.15, 0.2) is 97.1 Å². The number of nitrogens with one attached hydrogen (secondary N) is 2. The van der Waals surface area contributed by atoms with Gasteiger partial charge in [-0.1, -0.05) is 105 Å². The summed E-state index contributed by atoms with van der Waals surface area (Å²) in [7, 11) is 0. The highest BCUT2D eigenvalue weighted by molar-refractivity contribution is 5.82.